The van der Waals surface area contributed by atoms with E-state index in [4.69, 9.17) is 9.47 Å². The van der Waals surface area contributed by atoms with Crippen LogP contribution in [0.1, 0.15) is 39.2 Å². The van der Waals surface area contributed by atoms with Crippen LogP contribution >= 0.6 is 0 Å². The first-order valence-electron chi connectivity index (χ1n) is 9.65. The van der Waals surface area contributed by atoms with Crippen LogP contribution in [0.5, 0.6) is 0 Å². The Morgan fingerprint density at radius 1 is 1.07 bits per heavy atom. The number of carbonyl (C=O) groups is 2. The van der Waals surface area contributed by atoms with Crippen LogP contribution < -0.4 is 0 Å². The van der Waals surface area contributed by atoms with Crippen LogP contribution in [0.3, 0.4) is 0 Å². The largest absolute Gasteiger partial charge is 0.460 e. The van der Waals surface area contributed by atoms with Crippen molar-refractivity contribution in [2.45, 2.75) is 45.8 Å². The van der Waals surface area contributed by atoms with E-state index in [0.29, 0.717) is 13.2 Å². The second-order valence-corrected chi connectivity index (χ2v) is 8.76. The van der Waals surface area contributed by atoms with Gasteiger partial charge >= 0.3 is 12.1 Å². The molecule has 1 aromatic carbocycles. The Morgan fingerprint density at radius 2 is 1.70 bits per heavy atom. The highest BCUT2D eigenvalue weighted by Crippen LogP contribution is 2.40. The molecular weight excluding hydrogens is 344 g/mol. The predicted molar refractivity (Wildman–Crippen MR) is 102 cm³/mol. The monoisotopic (exact) mass is 374 g/mol. The molecule has 2 aliphatic heterocycles. The second kappa shape index (κ2) is 7.89. The third-order valence-corrected chi connectivity index (χ3v) is 5.22. The van der Waals surface area contributed by atoms with Crippen LogP contribution in [0.2, 0.25) is 0 Å². The first kappa shape index (κ1) is 19.7. The van der Waals surface area contributed by atoms with E-state index in [-0.39, 0.29) is 17.5 Å². The van der Waals surface area contributed by atoms with Gasteiger partial charge < -0.3 is 14.4 Å². The van der Waals surface area contributed by atoms with Crippen molar-refractivity contribution in [2.75, 3.05) is 32.7 Å². The number of nitrogens with zero attached hydrogens (tertiary/aromatic N) is 2. The molecule has 0 unspecified atom stereocenters. The zero-order valence-corrected chi connectivity index (χ0v) is 16.6. The molecular formula is C21H30N2O4. The first-order chi connectivity index (χ1) is 12.7. The Bertz CT molecular complexity index is 653. The number of esters is 1. The third-order valence-electron chi connectivity index (χ3n) is 5.22. The van der Waals surface area contributed by atoms with Gasteiger partial charge in [-0.1, -0.05) is 30.3 Å². The number of piperidine rings is 1. The molecule has 0 aromatic heterocycles. The molecule has 1 amide bonds. The van der Waals surface area contributed by atoms with Crippen LogP contribution in [-0.4, -0.2) is 60.2 Å². The summed E-state index contributed by atoms with van der Waals surface area (Å²) in [5, 5.41) is 0. The highest BCUT2D eigenvalue weighted by Gasteiger charge is 2.47. The lowest BCUT2D eigenvalue weighted by molar-refractivity contribution is -0.147. The minimum Gasteiger partial charge on any atom is -0.460 e. The molecule has 0 radical (unpaired) electrons. The van der Waals surface area contributed by atoms with Crippen molar-refractivity contribution in [1.29, 1.82) is 0 Å². The van der Waals surface area contributed by atoms with Gasteiger partial charge in [0.25, 0.3) is 0 Å². The number of amides is 1. The van der Waals surface area contributed by atoms with Crippen molar-refractivity contribution in [3.63, 3.8) is 0 Å². The predicted octanol–water partition coefficient (Wildman–Crippen LogP) is 3.06. The molecule has 2 heterocycles. The normalized spacial score (nSPS) is 19.4. The van der Waals surface area contributed by atoms with E-state index in [1.54, 1.807) is 4.90 Å². The van der Waals surface area contributed by atoms with Gasteiger partial charge in [0, 0.05) is 18.5 Å². The Kier molecular flexibility index (Phi) is 5.75. The summed E-state index contributed by atoms with van der Waals surface area (Å²) in [6.45, 7) is 9.55. The van der Waals surface area contributed by atoms with Gasteiger partial charge in [-0.05, 0) is 52.3 Å². The van der Waals surface area contributed by atoms with E-state index in [0.717, 1.165) is 44.6 Å². The van der Waals surface area contributed by atoms with Gasteiger partial charge in [-0.15, -0.1) is 0 Å². The van der Waals surface area contributed by atoms with Gasteiger partial charge in [0.05, 0.1) is 6.54 Å². The molecule has 0 bridgehead atoms. The van der Waals surface area contributed by atoms with E-state index in [1.165, 1.54) is 0 Å². The summed E-state index contributed by atoms with van der Waals surface area (Å²) in [4.78, 5) is 28.1. The molecule has 27 heavy (non-hydrogen) atoms. The molecule has 2 fully saturated rings. The summed E-state index contributed by atoms with van der Waals surface area (Å²) in [7, 11) is 0. The van der Waals surface area contributed by atoms with Crippen molar-refractivity contribution in [1.82, 2.24) is 9.80 Å². The maximum absolute atomic E-state index is 12.1. The molecule has 3 rings (SSSR count). The lowest BCUT2D eigenvalue weighted by Crippen LogP contribution is -2.62. The minimum absolute atomic E-state index is 0.182. The van der Waals surface area contributed by atoms with E-state index in [1.807, 2.05) is 51.1 Å². The number of benzene rings is 1. The molecule has 0 aliphatic carbocycles. The summed E-state index contributed by atoms with van der Waals surface area (Å²) < 4.78 is 10.8. The number of rotatable bonds is 4. The van der Waals surface area contributed by atoms with Crippen LogP contribution in [-0.2, 0) is 20.9 Å². The molecule has 0 atom stereocenters. The van der Waals surface area contributed by atoms with Gasteiger partial charge in [-0.2, -0.15) is 0 Å². The quantitative estimate of drug-likeness (QED) is 0.758. The molecule has 2 saturated heterocycles. The van der Waals surface area contributed by atoms with Gasteiger partial charge in [-0.3, -0.25) is 9.69 Å². The topological polar surface area (TPSA) is 59.1 Å². The van der Waals surface area contributed by atoms with Crippen LogP contribution in [0.15, 0.2) is 30.3 Å². The first-order valence-corrected chi connectivity index (χ1v) is 9.65. The summed E-state index contributed by atoms with van der Waals surface area (Å²) in [6, 6.07) is 9.72. The van der Waals surface area contributed by atoms with Gasteiger partial charge in [0.2, 0.25) is 0 Å². The van der Waals surface area contributed by atoms with E-state index in [2.05, 4.69) is 4.90 Å². The van der Waals surface area contributed by atoms with E-state index < -0.39 is 5.60 Å². The van der Waals surface area contributed by atoms with Crippen LogP contribution in [0.4, 0.5) is 4.79 Å². The number of carbonyl (C=O) groups excluding carboxylic acids is 2. The van der Waals surface area contributed by atoms with Crippen molar-refractivity contribution < 1.29 is 19.1 Å². The maximum Gasteiger partial charge on any atom is 0.410 e. The van der Waals surface area contributed by atoms with Crippen LogP contribution in [0.25, 0.3) is 0 Å². The highest BCUT2D eigenvalue weighted by atomic mass is 16.6. The number of hydrogen-bond acceptors (Lipinski definition) is 5. The maximum atomic E-state index is 12.1. The Morgan fingerprint density at radius 3 is 2.30 bits per heavy atom. The van der Waals surface area contributed by atoms with Crippen LogP contribution in [0, 0.1) is 5.41 Å². The average Bonchev–Trinajstić information content (AvgIpc) is 2.58. The molecule has 6 heteroatoms. The Hall–Kier alpha value is -2.08. The summed E-state index contributed by atoms with van der Waals surface area (Å²) in [6.07, 6.45) is 1.77. The number of hydrogen-bond donors (Lipinski definition) is 0. The molecule has 1 spiro atoms. The zero-order chi connectivity index (χ0) is 19.5. The Balaban J connectivity index is 1.36. The lowest BCUT2D eigenvalue weighted by atomic mass is 9.72. The van der Waals surface area contributed by atoms with Crippen molar-refractivity contribution in [3.8, 4) is 0 Å². The van der Waals surface area contributed by atoms with E-state index in [9.17, 15) is 9.59 Å². The lowest BCUT2D eigenvalue weighted by Gasteiger charge is -2.53. The highest BCUT2D eigenvalue weighted by molar-refractivity contribution is 5.71. The average molecular weight is 374 g/mol. The SMILES string of the molecule is CC(C)(C)OC(=O)N1CC2(CCN(CC(=O)OCc3ccccc3)CC2)C1. The fourth-order valence-electron chi connectivity index (χ4n) is 3.69. The summed E-state index contributed by atoms with van der Waals surface area (Å²) in [5.41, 5.74) is 0.741. The summed E-state index contributed by atoms with van der Waals surface area (Å²) in [5.74, 6) is -0.182. The van der Waals surface area contributed by atoms with Gasteiger partial charge in [0.1, 0.15) is 12.2 Å². The zero-order valence-electron chi connectivity index (χ0n) is 16.6. The van der Waals surface area contributed by atoms with E-state index >= 15 is 0 Å². The fraction of sp³-hybridized carbons (Fsp3) is 0.619. The van der Waals surface area contributed by atoms with Crippen molar-refractivity contribution in [3.05, 3.63) is 35.9 Å². The third kappa shape index (κ3) is 5.45. The standard InChI is InChI=1S/C21H30N2O4/c1-20(2,3)27-19(25)23-15-21(16-23)9-11-22(12-10-21)13-18(24)26-14-17-7-5-4-6-8-17/h4-8H,9-16H2,1-3H3. The second-order valence-electron chi connectivity index (χ2n) is 8.76. The molecule has 1 aromatic rings. The number of likely N-dealkylation sites (tertiary alicyclic amines) is 2. The van der Waals surface area contributed by atoms with Gasteiger partial charge in [-0.25, -0.2) is 4.79 Å². The molecule has 148 valence electrons. The number of ether oxygens (including phenoxy) is 2. The molecule has 0 N–H and O–H groups in total. The fourth-order valence-corrected chi connectivity index (χ4v) is 3.69. The van der Waals surface area contributed by atoms with Gasteiger partial charge in [0.15, 0.2) is 0 Å². The molecule has 0 saturated carbocycles. The minimum atomic E-state index is -0.455. The molecule has 6 nitrogen and oxygen atoms in total. The molecule has 2 aliphatic rings. The summed E-state index contributed by atoms with van der Waals surface area (Å²) >= 11 is 0. The van der Waals surface area contributed by atoms with Crippen molar-refractivity contribution in [2.24, 2.45) is 5.41 Å². The van der Waals surface area contributed by atoms with Crippen molar-refractivity contribution >= 4 is 12.1 Å². The Labute approximate surface area is 161 Å². The smallest absolute Gasteiger partial charge is 0.410 e.